The van der Waals surface area contributed by atoms with Crippen LogP contribution in [0, 0.1) is 0 Å². The molecule has 1 aliphatic rings. The summed E-state index contributed by atoms with van der Waals surface area (Å²) < 4.78 is 28.2. The van der Waals surface area contributed by atoms with Crippen LogP contribution in [0.25, 0.3) is 0 Å². The lowest BCUT2D eigenvalue weighted by molar-refractivity contribution is -0.139. The van der Waals surface area contributed by atoms with Crippen LogP contribution in [-0.2, 0) is 9.53 Å². The van der Waals surface area contributed by atoms with Gasteiger partial charge in [-0.05, 0) is 19.8 Å². The van der Waals surface area contributed by atoms with Gasteiger partial charge in [0.15, 0.2) is 0 Å². The van der Waals surface area contributed by atoms with Gasteiger partial charge < -0.3 is 14.7 Å². The SMILES string of the molecule is CC1(O)CCCN(C(=O)CCOCC(F)F)C1. The predicted molar refractivity (Wildman–Crippen MR) is 57.9 cm³/mol. The van der Waals surface area contributed by atoms with Crippen molar-refractivity contribution in [2.24, 2.45) is 0 Å². The van der Waals surface area contributed by atoms with E-state index in [1.54, 1.807) is 11.8 Å². The largest absolute Gasteiger partial charge is 0.388 e. The second-order valence-electron chi connectivity index (χ2n) is 4.63. The number of aliphatic hydroxyl groups is 1. The number of ether oxygens (including phenoxy) is 1. The van der Waals surface area contributed by atoms with Crippen LogP contribution in [0.3, 0.4) is 0 Å². The van der Waals surface area contributed by atoms with Crippen LogP contribution in [0.4, 0.5) is 8.78 Å². The summed E-state index contributed by atoms with van der Waals surface area (Å²) in [5, 5.41) is 9.81. The van der Waals surface area contributed by atoms with Crippen molar-refractivity contribution in [1.29, 1.82) is 0 Å². The van der Waals surface area contributed by atoms with E-state index in [1.165, 1.54) is 0 Å². The summed E-state index contributed by atoms with van der Waals surface area (Å²) >= 11 is 0. The third-order valence-electron chi connectivity index (χ3n) is 2.73. The highest BCUT2D eigenvalue weighted by molar-refractivity contribution is 5.76. The third-order valence-corrected chi connectivity index (χ3v) is 2.73. The molecule has 1 amide bonds. The van der Waals surface area contributed by atoms with Gasteiger partial charge in [-0.3, -0.25) is 4.79 Å². The van der Waals surface area contributed by atoms with Crippen LogP contribution in [0.1, 0.15) is 26.2 Å². The van der Waals surface area contributed by atoms with Gasteiger partial charge in [0.25, 0.3) is 6.43 Å². The molecule has 1 fully saturated rings. The molecule has 1 heterocycles. The number of hydrogen-bond donors (Lipinski definition) is 1. The average Bonchev–Trinajstić information content (AvgIpc) is 2.22. The molecule has 0 aliphatic carbocycles. The van der Waals surface area contributed by atoms with Crippen molar-refractivity contribution in [2.45, 2.75) is 38.2 Å². The molecule has 1 N–H and O–H groups in total. The van der Waals surface area contributed by atoms with Crippen molar-refractivity contribution in [1.82, 2.24) is 4.90 Å². The van der Waals surface area contributed by atoms with Gasteiger partial charge in [0.1, 0.15) is 6.61 Å². The fourth-order valence-corrected chi connectivity index (χ4v) is 1.92. The first-order valence-electron chi connectivity index (χ1n) is 5.77. The minimum Gasteiger partial charge on any atom is -0.388 e. The number of amides is 1. The third kappa shape index (κ3) is 5.41. The molecule has 0 bridgehead atoms. The molecule has 0 spiro atoms. The minimum atomic E-state index is -2.50. The minimum absolute atomic E-state index is 0.00180. The molecular weight excluding hydrogens is 232 g/mol. The Balaban J connectivity index is 2.23. The maximum absolute atomic E-state index is 11.8. The number of likely N-dealkylation sites (tertiary alicyclic amines) is 1. The van der Waals surface area contributed by atoms with Crippen molar-refractivity contribution >= 4 is 5.91 Å². The van der Waals surface area contributed by atoms with E-state index in [0.29, 0.717) is 19.5 Å². The van der Waals surface area contributed by atoms with E-state index in [4.69, 9.17) is 0 Å². The number of carbonyl (C=O) groups excluding carboxylic acids is 1. The van der Waals surface area contributed by atoms with E-state index in [-0.39, 0.29) is 18.9 Å². The Kier molecular flexibility index (Phi) is 5.27. The van der Waals surface area contributed by atoms with Gasteiger partial charge in [-0.15, -0.1) is 0 Å². The second-order valence-corrected chi connectivity index (χ2v) is 4.63. The molecular formula is C11H19F2NO3. The highest BCUT2D eigenvalue weighted by Gasteiger charge is 2.30. The van der Waals surface area contributed by atoms with Crippen LogP contribution in [0.2, 0.25) is 0 Å². The second kappa shape index (κ2) is 6.26. The molecule has 1 saturated heterocycles. The first kappa shape index (κ1) is 14.3. The van der Waals surface area contributed by atoms with Crippen molar-refractivity contribution in [2.75, 3.05) is 26.3 Å². The summed E-state index contributed by atoms with van der Waals surface area (Å²) in [6, 6.07) is 0. The number of β-amino-alcohol motifs (C(OH)–C–C–N with tert-alkyl or cyclic N) is 1. The summed E-state index contributed by atoms with van der Waals surface area (Å²) in [6.07, 6.45) is -0.973. The van der Waals surface area contributed by atoms with Crippen molar-refractivity contribution in [3.05, 3.63) is 0 Å². The summed E-state index contributed by atoms with van der Waals surface area (Å²) in [6.45, 7) is 1.98. The zero-order valence-electron chi connectivity index (χ0n) is 9.99. The first-order valence-corrected chi connectivity index (χ1v) is 5.77. The van der Waals surface area contributed by atoms with Crippen LogP contribution >= 0.6 is 0 Å². The quantitative estimate of drug-likeness (QED) is 0.742. The molecule has 0 aromatic carbocycles. The molecule has 6 heteroatoms. The molecule has 100 valence electrons. The van der Waals surface area contributed by atoms with Crippen molar-refractivity contribution in [3.8, 4) is 0 Å². The molecule has 4 nitrogen and oxygen atoms in total. The van der Waals surface area contributed by atoms with Gasteiger partial charge >= 0.3 is 0 Å². The smallest absolute Gasteiger partial charge is 0.261 e. The summed E-state index contributed by atoms with van der Waals surface area (Å²) in [5.74, 6) is -0.153. The van der Waals surface area contributed by atoms with Crippen molar-refractivity contribution in [3.63, 3.8) is 0 Å². The molecule has 1 aliphatic heterocycles. The number of nitrogens with zero attached hydrogens (tertiary/aromatic N) is 1. The lowest BCUT2D eigenvalue weighted by atomic mass is 9.95. The zero-order valence-corrected chi connectivity index (χ0v) is 9.99. The lowest BCUT2D eigenvalue weighted by Gasteiger charge is -2.36. The number of rotatable bonds is 5. The number of carbonyl (C=O) groups is 1. The van der Waals surface area contributed by atoms with Gasteiger partial charge in [0.2, 0.25) is 5.91 Å². The van der Waals surface area contributed by atoms with Crippen LogP contribution in [0.5, 0.6) is 0 Å². The number of hydrogen-bond acceptors (Lipinski definition) is 3. The summed E-state index contributed by atoms with van der Waals surface area (Å²) in [5.41, 5.74) is -0.836. The Bertz CT molecular complexity index is 259. The van der Waals surface area contributed by atoms with Gasteiger partial charge in [-0.2, -0.15) is 0 Å². The van der Waals surface area contributed by atoms with E-state index in [2.05, 4.69) is 4.74 Å². The van der Waals surface area contributed by atoms with E-state index < -0.39 is 18.6 Å². The normalized spacial score (nSPS) is 25.4. The standard InChI is InChI=1S/C11H19F2NO3/c1-11(16)4-2-5-14(8-11)10(15)3-6-17-7-9(12)13/h9,16H,2-8H2,1H3. The Morgan fingerprint density at radius 2 is 2.29 bits per heavy atom. The maximum atomic E-state index is 11.8. The molecule has 0 aromatic rings. The average molecular weight is 251 g/mol. The number of alkyl halides is 2. The Morgan fingerprint density at radius 3 is 2.88 bits per heavy atom. The van der Waals surface area contributed by atoms with E-state index in [0.717, 1.165) is 6.42 Å². The molecule has 0 saturated carbocycles. The Labute approximate surface area is 99.5 Å². The van der Waals surface area contributed by atoms with Gasteiger partial charge in [-0.1, -0.05) is 0 Å². The highest BCUT2D eigenvalue weighted by Crippen LogP contribution is 2.20. The van der Waals surface area contributed by atoms with Crippen LogP contribution < -0.4 is 0 Å². The molecule has 0 aromatic heterocycles. The van der Waals surface area contributed by atoms with Crippen LogP contribution in [-0.4, -0.2) is 54.2 Å². The van der Waals surface area contributed by atoms with E-state index in [1.807, 2.05) is 0 Å². The molecule has 1 rings (SSSR count). The van der Waals surface area contributed by atoms with Gasteiger partial charge in [0, 0.05) is 13.1 Å². The molecule has 1 unspecified atom stereocenters. The Morgan fingerprint density at radius 1 is 1.59 bits per heavy atom. The lowest BCUT2D eigenvalue weighted by Crippen LogP contribution is -2.48. The topological polar surface area (TPSA) is 49.8 Å². The molecule has 17 heavy (non-hydrogen) atoms. The fourth-order valence-electron chi connectivity index (χ4n) is 1.92. The summed E-state index contributed by atoms with van der Waals surface area (Å²) in [7, 11) is 0. The number of piperidine rings is 1. The van der Waals surface area contributed by atoms with Gasteiger partial charge in [-0.25, -0.2) is 8.78 Å². The molecule has 1 atom stereocenters. The van der Waals surface area contributed by atoms with Crippen LogP contribution in [0.15, 0.2) is 0 Å². The predicted octanol–water partition coefficient (Wildman–Crippen LogP) is 1.03. The highest BCUT2D eigenvalue weighted by atomic mass is 19.3. The Hall–Kier alpha value is -0.750. The van der Waals surface area contributed by atoms with E-state index in [9.17, 15) is 18.7 Å². The number of halogens is 2. The van der Waals surface area contributed by atoms with Gasteiger partial charge in [0.05, 0.1) is 18.6 Å². The zero-order chi connectivity index (χ0) is 12.9. The first-order chi connectivity index (χ1) is 7.91. The molecule has 0 radical (unpaired) electrons. The maximum Gasteiger partial charge on any atom is 0.261 e. The summed E-state index contributed by atoms with van der Waals surface area (Å²) in [4.78, 5) is 13.2. The van der Waals surface area contributed by atoms with E-state index >= 15 is 0 Å². The van der Waals surface area contributed by atoms with Crippen molar-refractivity contribution < 1.29 is 23.4 Å². The monoisotopic (exact) mass is 251 g/mol. The fraction of sp³-hybridized carbons (Fsp3) is 0.909.